The van der Waals surface area contributed by atoms with E-state index in [4.69, 9.17) is 4.74 Å². The molecule has 0 spiro atoms. The highest BCUT2D eigenvalue weighted by atomic mass is 32.2. The summed E-state index contributed by atoms with van der Waals surface area (Å²) in [4.78, 5) is 11.3. The normalized spacial score (nSPS) is 17.2. The summed E-state index contributed by atoms with van der Waals surface area (Å²) >= 11 is 0. The minimum Gasteiger partial charge on any atom is -0.457 e. The summed E-state index contributed by atoms with van der Waals surface area (Å²) < 4.78 is 45.6. The number of allylic oxidation sites excluding steroid dienone is 2. The summed E-state index contributed by atoms with van der Waals surface area (Å²) in [5.41, 5.74) is 2.03. The third-order valence-electron chi connectivity index (χ3n) is 4.93. The first-order chi connectivity index (χ1) is 14.3. The third kappa shape index (κ3) is 4.04. The summed E-state index contributed by atoms with van der Waals surface area (Å²) in [5.74, 6) is 0.421. The predicted molar refractivity (Wildman–Crippen MR) is 114 cm³/mol. The number of halogens is 1. The zero-order chi connectivity index (χ0) is 21.3. The van der Waals surface area contributed by atoms with Crippen LogP contribution < -0.4 is 4.74 Å². The first kappa shape index (κ1) is 20.0. The Morgan fingerprint density at radius 2 is 1.93 bits per heavy atom. The van der Waals surface area contributed by atoms with Gasteiger partial charge in [0.15, 0.2) is 0 Å². The Balaban J connectivity index is 1.68. The largest absolute Gasteiger partial charge is 0.457 e. The number of nitrogens with zero attached hydrogens (tertiary/aromatic N) is 2. The van der Waals surface area contributed by atoms with Crippen LogP contribution >= 0.6 is 0 Å². The number of rotatable bonds is 5. The van der Waals surface area contributed by atoms with E-state index in [0.717, 1.165) is 0 Å². The lowest BCUT2D eigenvalue weighted by Gasteiger charge is -2.16. The number of para-hydroxylation sites is 1. The van der Waals surface area contributed by atoms with Gasteiger partial charge in [0.25, 0.3) is 0 Å². The molecule has 1 N–H and O–H groups in total. The van der Waals surface area contributed by atoms with Crippen LogP contribution in [0.5, 0.6) is 5.75 Å². The summed E-state index contributed by atoms with van der Waals surface area (Å²) in [7, 11) is -3.82. The van der Waals surface area contributed by atoms with Gasteiger partial charge >= 0.3 is 0 Å². The molecule has 0 aliphatic carbocycles. The number of H-pyrrole nitrogens is 1. The van der Waals surface area contributed by atoms with Crippen molar-refractivity contribution in [3.8, 4) is 5.75 Å². The van der Waals surface area contributed by atoms with E-state index in [1.54, 1.807) is 12.3 Å². The molecule has 0 saturated heterocycles. The van der Waals surface area contributed by atoms with Crippen molar-refractivity contribution < 1.29 is 17.5 Å². The molecule has 154 valence electrons. The molecule has 0 radical (unpaired) electrons. The smallest absolute Gasteiger partial charge is 0.226 e. The van der Waals surface area contributed by atoms with E-state index in [1.807, 2.05) is 44.2 Å². The molecule has 2 aromatic carbocycles. The number of benzene rings is 2. The van der Waals surface area contributed by atoms with E-state index in [0.29, 0.717) is 28.2 Å². The Bertz CT molecular complexity index is 1290. The molecule has 1 aliphatic rings. The molecule has 8 heteroatoms. The molecule has 0 unspecified atom stereocenters. The molecule has 1 aliphatic heterocycles. The van der Waals surface area contributed by atoms with Crippen LogP contribution in [0.3, 0.4) is 0 Å². The van der Waals surface area contributed by atoms with Gasteiger partial charge in [0, 0.05) is 12.3 Å². The van der Waals surface area contributed by atoms with Crippen LogP contribution in [0.1, 0.15) is 13.8 Å². The molecule has 3 aromatic rings. The Morgan fingerprint density at radius 3 is 2.70 bits per heavy atom. The SMILES string of the molecule is CC1=C(CS(=O)(=O)c2nc3cc(F)ccc3[nH]2)[C@H](C)N=CC=C1Oc1ccccc1. The highest BCUT2D eigenvalue weighted by Crippen LogP contribution is 2.27. The van der Waals surface area contributed by atoms with E-state index in [1.165, 1.54) is 18.2 Å². The number of nitrogens with one attached hydrogen (secondary N) is 1. The van der Waals surface area contributed by atoms with Crippen LogP contribution in [0.4, 0.5) is 4.39 Å². The minimum atomic E-state index is -3.82. The van der Waals surface area contributed by atoms with Crippen LogP contribution in [-0.2, 0) is 9.84 Å². The lowest BCUT2D eigenvalue weighted by molar-refractivity contribution is 0.436. The van der Waals surface area contributed by atoms with E-state index in [9.17, 15) is 12.8 Å². The number of hydrogen-bond acceptors (Lipinski definition) is 5. The fourth-order valence-corrected chi connectivity index (χ4v) is 4.76. The van der Waals surface area contributed by atoms with Crippen LogP contribution in [0.2, 0.25) is 0 Å². The Kier molecular flexibility index (Phi) is 5.26. The average Bonchev–Trinajstić information content (AvgIpc) is 3.11. The Labute approximate surface area is 173 Å². The van der Waals surface area contributed by atoms with Gasteiger partial charge in [-0.15, -0.1) is 0 Å². The van der Waals surface area contributed by atoms with Crippen LogP contribution in [-0.4, -0.2) is 36.4 Å². The monoisotopic (exact) mass is 425 g/mol. The fraction of sp³-hybridized carbons (Fsp3) is 0.182. The Morgan fingerprint density at radius 1 is 1.17 bits per heavy atom. The average molecular weight is 425 g/mol. The first-order valence-electron chi connectivity index (χ1n) is 9.38. The molecule has 30 heavy (non-hydrogen) atoms. The molecule has 0 bridgehead atoms. The van der Waals surface area contributed by atoms with Crippen LogP contribution in [0.15, 0.2) is 81.7 Å². The number of hydrogen-bond donors (Lipinski definition) is 1. The van der Waals surface area contributed by atoms with Gasteiger partial charge in [0.05, 0.1) is 22.8 Å². The molecular weight excluding hydrogens is 405 g/mol. The van der Waals surface area contributed by atoms with E-state index < -0.39 is 15.7 Å². The van der Waals surface area contributed by atoms with Gasteiger partial charge in [-0.2, -0.15) is 0 Å². The van der Waals surface area contributed by atoms with Gasteiger partial charge in [-0.25, -0.2) is 17.8 Å². The minimum absolute atomic E-state index is 0.196. The second-order valence-corrected chi connectivity index (χ2v) is 8.94. The molecule has 0 saturated carbocycles. The zero-order valence-electron chi connectivity index (χ0n) is 16.5. The summed E-state index contributed by atoms with van der Waals surface area (Å²) in [6, 6.07) is 12.8. The summed E-state index contributed by atoms with van der Waals surface area (Å²) in [6.45, 7) is 3.65. The van der Waals surface area contributed by atoms with Gasteiger partial charge in [0.2, 0.25) is 15.0 Å². The van der Waals surface area contributed by atoms with Crippen molar-refractivity contribution in [1.29, 1.82) is 0 Å². The molecule has 1 atom stereocenters. The van der Waals surface area contributed by atoms with E-state index >= 15 is 0 Å². The van der Waals surface area contributed by atoms with Gasteiger partial charge in [-0.1, -0.05) is 18.2 Å². The topological polar surface area (TPSA) is 84.4 Å². The number of imidazole rings is 1. The molecule has 0 amide bonds. The van der Waals surface area contributed by atoms with Gasteiger partial charge in [-0.3, -0.25) is 4.99 Å². The third-order valence-corrected chi connectivity index (χ3v) is 6.40. The van der Waals surface area contributed by atoms with Crippen molar-refractivity contribution >= 4 is 27.1 Å². The lowest BCUT2D eigenvalue weighted by atomic mass is 10.0. The van der Waals surface area contributed by atoms with Gasteiger partial charge < -0.3 is 9.72 Å². The molecule has 4 rings (SSSR count). The molecule has 6 nitrogen and oxygen atoms in total. The lowest BCUT2D eigenvalue weighted by Crippen LogP contribution is -2.18. The fourth-order valence-electron chi connectivity index (χ4n) is 3.26. The maximum Gasteiger partial charge on any atom is 0.226 e. The highest BCUT2D eigenvalue weighted by Gasteiger charge is 2.27. The maximum absolute atomic E-state index is 13.4. The first-order valence-corrected chi connectivity index (χ1v) is 11.0. The predicted octanol–water partition coefficient (Wildman–Crippen LogP) is 4.23. The van der Waals surface area contributed by atoms with Crippen molar-refractivity contribution in [2.75, 3.05) is 5.75 Å². The summed E-state index contributed by atoms with van der Waals surface area (Å²) in [6.07, 6.45) is 3.35. The van der Waals surface area contributed by atoms with Crippen molar-refractivity contribution in [2.24, 2.45) is 4.99 Å². The van der Waals surface area contributed by atoms with Gasteiger partial charge in [0.1, 0.15) is 17.3 Å². The maximum atomic E-state index is 13.4. The number of aromatic amines is 1. The molecular formula is C22H20FN3O3S. The number of aliphatic imine (C=N–C) groups is 1. The second-order valence-electron chi connectivity index (χ2n) is 7.03. The van der Waals surface area contributed by atoms with Crippen LogP contribution in [0, 0.1) is 5.82 Å². The van der Waals surface area contributed by atoms with Crippen molar-refractivity contribution in [3.05, 3.63) is 77.3 Å². The van der Waals surface area contributed by atoms with E-state index in [2.05, 4.69) is 15.0 Å². The van der Waals surface area contributed by atoms with Crippen molar-refractivity contribution in [3.63, 3.8) is 0 Å². The number of aromatic nitrogens is 2. The van der Waals surface area contributed by atoms with E-state index in [-0.39, 0.29) is 22.5 Å². The molecule has 1 aromatic heterocycles. The highest BCUT2D eigenvalue weighted by molar-refractivity contribution is 7.91. The van der Waals surface area contributed by atoms with Gasteiger partial charge in [-0.05, 0) is 55.3 Å². The molecule has 0 fully saturated rings. The summed E-state index contributed by atoms with van der Waals surface area (Å²) in [5, 5.41) is -0.196. The molecule has 2 heterocycles. The quantitative estimate of drug-likeness (QED) is 0.663. The second kappa shape index (κ2) is 7.87. The number of fused-ring (bicyclic) bond motifs is 1. The standard InChI is InChI=1S/C22H20FN3O3S/c1-14-18(15(2)24-11-10-21(14)29-17-6-4-3-5-7-17)13-30(27,28)22-25-19-9-8-16(23)12-20(19)26-22/h3-12,15H,13H2,1-2H3,(H,25,26)/t15-/m0/s1. The number of sulfone groups is 1. The zero-order valence-corrected chi connectivity index (χ0v) is 17.3. The van der Waals surface area contributed by atoms with Crippen LogP contribution in [0.25, 0.3) is 11.0 Å². The van der Waals surface area contributed by atoms with Crippen molar-refractivity contribution in [1.82, 2.24) is 9.97 Å². The Hall–Kier alpha value is -3.26. The van der Waals surface area contributed by atoms with Crippen molar-refractivity contribution in [2.45, 2.75) is 25.0 Å². The number of ether oxygens (including phenoxy) is 1.